The largest absolute Gasteiger partial charge is 0.489 e. The number of rotatable bonds is 6. The molecule has 0 N–H and O–H groups in total. The summed E-state index contributed by atoms with van der Waals surface area (Å²) in [6.45, 7) is 10.6. The highest BCUT2D eigenvalue weighted by molar-refractivity contribution is 5.71. The van der Waals surface area contributed by atoms with Gasteiger partial charge in [-0.1, -0.05) is 20.8 Å². The van der Waals surface area contributed by atoms with E-state index in [1.54, 1.807) is 6.07 Å². The highest BCUT2D eigenvalue weighted by Crippen LogP contribution is 2.47. The third-order valence-corrected chi connectivity index (χ3v) is 5.39. The molecule has 9 heteroatoms. The van der Waals surface area contributed by atoms with Gasteiger partial charge >= 0.3 is 11.9 Å². The molecule has 1 aliphatic heterocycles. The van der Waals surface area contributed by atoms with Gasteiger partial charge in [0.2, 0.25) is 0 Å². The van der Waals surface area contributed by atoms with E-state index in [9.17, 15) is 19.7 Å². The molecule has 2 unspecified atom stereocenters. The van der Waals surface area contributed by atoms with E-state index in [0.717, 1.165) is 5.56 Å². The van der Waals surface area contributed by atoms with Crippen molar-refractivity contribution in [1.82, 2.24) is 0 Å². The number of non-ortho nitro benzene ring substituents is 1. The van der Waals surface area contributed by atoms with E-state index >= 15 is 0 Å². The number of nitro benzene ring substituents is 1. The van der Waals surface area contributed by atoms with Crippen molar-refractivity contribution in [3.63, 3.8) is 0 Å². The molecule has 182 valence electrons. The van der Waals surface area contributed by atoms with Gasteiger partial charge < -0.3 is 18.9 Å². The Labute approximate surface area is 198 Å². The molecule has 0 saturated heterocycles. The first-order valence-electron chi connectivity index (χ1n) is 10.9. The van der Waals surface area contributed by atoms with Crippen molar-refractivity contribution in [3.05, 3.63) is 57.6 Å². The molecule has 0 saturated carbocycles. The van der Waals surface area contributed by atoms with E-state index in [1.165, 1.54) is 38.1 Å². The number of hydrogen-bond donors (Lipinski definition) is 0. The highest BCUT2D eigenvalue weighted by atomic mass is 16.6. The minimum atomic E-state index is -0.868. The minimum absolute atomic E-state index is 0.0328. The Balaban J connectivity index is 1.95. The lowest BCUT2D eigenvalue weighted by Crippen LogP contribution is -2.44. The van der Waals surface area contributed by atoms with Gasteiger partial charge in [-0.3, -0.25) is 19.7 Å². The number of carbonyl (C=O) groups excluding carboxylic acids is 2. The van der Waals surface area contributed by atoms with E-state index in [1.807, 2.05) is 33.8 Å². The monoisotopic (exact) mass is 471 g/mol. The number of carbonyl (C=O) groups is 2. The van der Waals surface area contributed by atoms with Gasteiger partial charge in [-0.15, -0.1) is 0 Å². The standard InChI is InChI=1S/C25H29NO8/c1-15(27)32-22-11-19-21(12-20(22)24(3,4)5)34-25(6,13-23(19)33-16(2)28)14-31-18-9-7-17(8-10-18)26(29)30/h7-12,23H,13-14H2,1-6H3. The van der Waals surface area contributed by atoms with Crippen molar-refractivity contribution in [3.8, 4) is 17.2 Å². The van der Waals surface area contributed by atoms with Gasteiger partial charge in [0.1, 0.15) is 35.6 Å². The Morgan fingerprint density at radius 3 is 2.32 bits per heavy atom. The van der Waals surface area contributed by atoms with Crippen LogP contribution in [0.4, 0.5) is 5.69 Å². The molecule has 1 heterocycles. The maximum Gasteiger partial charge on any atom is 0.308 e. The lowest BCUT2D eigenvalue weighted by atomic mass is 9.83. The molecule has 0 fully saturated rings. The number of nitro groups is 1. The predicted octanol–water partition coefficient (Wildman–Crippen LogP) is 5.04. The van der Waals surface area contributed by atoms with E-state index in [2.05, 4.69) is 0 Å². The third-order valence-electron chi connectivity index (χ3n) is 5.39. The summed E-state index contributed by atoms with van der Waals surface area (Å²) in [6.07, 6.45) is -0.351. The van der Waals surface area contributed by atoms with E-state index < -0.39 is 28.6 Å². The van der Waals surface area contributed by atoms with Gasteiger partial charge in [-0.25, -0.2) is 0 Å². The van der Waals surface area contributed by atoms with Gasteiger partial charge in [0.15, 0.2) is 0 Å². The van der Waals surface area contributed by atoms with E-state index in [4.69, 9.17) is 18.9 Å². The first-order valence-corrected chi connectivity index (χ1v) is 10.9. The summed E-state index contributed by atoms with van der Waals surface area (Å²) in [4.78, 5) is 33.9. The molecule has 0 radical (unpaired) electrons. The Hall–Kier alpha value is -3.62. The summed E-state index contributed by atoms with van der Waals surface area (Å²) in [5.74, 6) is 0.446. The molecule has 2 aromatic rings. The van der Waals surface area contributed by atoms with Crippen LogP contribution in [0, 0.1) is 10.1 Å². The van der Waals surface area contributed by atoms with Gasteiger partial charge in [-0.05, 0) is 36.6 Å². The van der Waals surface area contributed by atoms with Crippen molar-refractivity contribution in [2.45, 2.75) is 65.1 Å². The fraction of sp³-hybridized carbons (Fsp3) is 0.440. The maximum atomic E-state index is 11.9. The molecule has 2 atom stereocenters. The molecule has 1 aliphatic rings. The number of fused-ring (bicyclic) bond motifs is 1. The highest BCUT2D eigenvalue weighted by Gasteiger charge is 2.41. The zero-order chi connectivity index (χ0) is 25.3. The Kier molecular flexibility index (Phi) is 6.86. The lowest BCUT2D eigenvalue weighted by molar-refractivity contribution is -0.384. The summed E-state index contributed by atoms with van der Waals surface area (Å²) in [7, 11) is 0. The number of hydrogen-bond acceptors (Lipinski definition) is 8. The zero-order valence-electron chi connectivity index (χ0n) is 20.2. The fourth-order valence-corrected chi connectivity index (χ4v) is 3.84. The van der Waals surface area contributed by atoms with Crippen LogP contribution in [0.2, 0.25) is 0 Å². The van der Waals surface area contributed by atoms with Crippen LogP contribution >= 0.6 is 0 Å². The van der Waals surface area contributed by atoms with Crippen molar-refractivity contribution < 1.29 is 33.5 Å². The first-order chi connectivity index (χ1) is 15.8. The quantitative estimate of drug-likeness (QED) is 0.249. The molecular weight excluding hydrogens is 442 g/mol. The molecule has 9 nitrogen and oxygen atoms in total. The minimum Gasteiger partial charge on any atom is -0.489 e. The fourth-order valence-electron chi connectivity index (χ4n) is 3.84. The molecule has 3 rings (SSSR count). The van der Waals surface area contributed by atoms with Crippen molar-refractivity contribution in [1.29, 1.82) is 0 Å². The summed E-state index contributed by atoms with van der Waals surface area (Å²) in [6, 6.07) is 9.27. The summed E-state index contributed by atoms with van der Waals surface area (Å²) in [5.41, 5.74) is 0.112. The van der Waals surface area contributed by atoms with Crippen LogP contribution in [-0.2, 0) is 19.7 Å². The smallest absolute Gasteiger partial charge is 0.308 e. The van der Waals surface area contributed by atoms with Crippen LogP contribution < -0.4 is 14.2 Å². The number of nitrogens with zero attached hydrogens (tertiary/aromatic N) is 1. The van der Waals surface area contributed by atoms with Gasteiger partial charge in [-0.2, -0.15) is 0 Å². The first kappa shape index (κ1) is 25.0. The second kappa shape index (κ2) is 9.32. The average molecular weight is 472 g/mol. The van der Waals surface area contributed by atoms with Crippen LogP contribution in [0.25, 0.3) is 0 Å². The number of esters is 2. The average Bonchev–Trinajstić information content (AvgIpc) is 2.71. The van der Waals surface area contributed by atoms with E-state index in [-0.39, 0.29) is 17.7 Å². The van der Waals surface area contributed by atoms with Crippen LogP contribution in [0.3, 0.4) is 0 Å². The number of benzene rings is 2. The van der Waals surface area contributed by atoms with Crippen LogP contribution in [-0.4, -0.2) is 29.1 Å². The molecule has 0 spiro atoms. The van der Waals surface area contributed by atoms with Crippen LogP contribution in [0.5, 0.6) is 17.2 Å². The van der Waals surface area contributed by atoms with Gasteiger partial charge in [0, 0.05) is 43.5 Å². The molecule has 0 aromatic heterocycles. The molecule has 0 amide bonds. The van der Waals surface area contributed by atoms with Crippen molar-refractivity contribution >= 4 is 17.6 Å². The Morgan fingerprint density at radius 2 is 1.79 bits per heavy atom. The summed E-state index contributed by atoms with van der Waals surface area (Å²) < 4.78 is 23.3. The van der Waals surface area contributed by atoms with Crippen LogP contribution in [0.15, 0.2) is 36.4 Å². The van der Waals surface area contributed by atoms with Gasteiger partial charge in [0.25, 0.3) is 5.69 Å². The molecule has 0 aliphatic carbocycles. The second-order valence-electron chi connectivity index (χ2n) is 9.62. The topological polar surface area (TPSA) is 114 Å². The zero-order valence-corrected chi connectivity index (χ0v) is 20.2. The molecule has 34 heavy (non-hydrogen) atoms. The number of ether oxygens (including phenoxy) is 4. The normalized spacial score (nSPS) is 19.4. The van der Waals surface area contributed by atoms with Gasteiger partial charge in [0.05, 0.1) is 4.92 Å². The van der Waals surface area contributed by atoms with Crippen molar-refractivity contribution in [2.75, 3.05) is 6.61 Å². The maximum absolute atomic E-state index is 11.9. The van der Waals surface area contributed by atoms with Crippen LogP contribution in [0.1, 0.15) is 65.2 Å². The molecule has 0 bridgehead atoms. The predicted molar refractivity (Wildman–Crippen MR) is 123 cm³/mol. The third kappa shape index (κ3) is 5.84. The Morgan fingerprint density at radius 1 is 1.15 bits per heavy atom. The summed E-state index contributed by atoms with van der Waals surface area (Å²) in [5, 5.41) is 10.9. The molecule has 2 aromatic carbocycles. The lowest BCUT2D eigenvalue weighted by Gasteiger charge is -2.40. The van der Waals surface area contributed by atoms with Crippen molar-refractivity contribution in [2.24, 2.45) is 0 Å². The Bertz CT molecular complexity index is 1100. The second-order valence-corrected chi connectivity index (χ2v) is 9.62. The summed E-state index contributed by atoms with van der Waals surface area (Å²) >= 11 is 0. The SMILES string of the molecule is CC(=O)Oc1cc2c(cc1C(C)(C)C)OC(C)(COc1ccc([N+](=O)[O-])cc1)CC2OC(C)=O. The molecular formula is C25H29NO8. The van der Waals surface area contributed by atoms with E-state index in [0.29, 0.717) is 29.2 Å².